The molecule has 33 heavy (non-hydrogen) atoms. The highest BCUT2D eigenvalue weighted by atomic mass is 32.2. The zero-order valence-corrected chi connectivity index (χ0v) is 21.1. The molecule has 0 saturated heterocycles. The highest BCUT2D eigenvalue weighted by Gasteiger charge is 2.14. The third-order valence-corrected chi connectivity index (χ3v) is 7.46. The van der Waals surface area contributed by atoms with E-state index in [1.54, 1.807) is 12.1 Å². The third-order valence-electron chi connectivity index (χ3n) is 4.81. The number of hydrogen-bond donors (Lipinski definition) is 2. The molecule has 0 unspecified atom stereocenters. The maximum Gasteiger partial charge on any atom is 0.223 e. The van der Waals surface area contributed by atoms with Gasteiger partial charge in [0.25, 0.3) is 0 Å². The number of benzene rings is 2. The van der Waals surface area contributed by atoms with Gasteiger partial charge in [0.2, 0.25) is 5.91 Å². The lowest BCUT2D eigenvalue weighted by molar-refractivity contribution is -0.114. The fourth-order valence-electron chi connectivity index (χ4n) is 3.13. The Kier molecular flexibility index (Phi) is 8.28. The van der Waals surface area contributed by atoms with Crippen molar-refractivity contribution in [3.63, 3.8) is 0 Å². The van der Waals surface area contributed by atoms with Gasteiger partial charge in [0.15, 0.2) is 20.1 Å². The van der Waals surface area contributed by atoms with Gasteiger partial charge in [0.1, 0.15) is 0 Å². The van der Waals surface area contributed by atoms with Crippen molar-refractivity contribution in [2.75, 3.05) is 17.8 Å². The van der Waals surface area contributed by atoms with Gasteiger partial charge in [-0.3, -0.25) is 4.79 Å². The summed E-state index contributed by atoms with van der Waals surface area (Å²) in [6.07, 6.45) is 5.18. The Morgan fingerprint density at radius 1 is 1.09 bits per heavy atom. The molecule has 10 heteroatoms. The standard InChI is InChI=1S/C23H26N4O3S3/c1-15(28)25-23-27-20(13-8-16-4-9-18(10-5-16)26-22(24)31-2)21(32-23)14-17-6-11-19(12-7-17)33(3,29)30/h4-7,9-12H,8,13-14H2,1-3H3,(H2,24,26)(H,25,27,28). The molecule has 3 N–H and O–H groups in total. The fourth-order valence-corrected chi connectivity index (χ4v) is 5.05. The Labute approximate surface area is 202 Å². The number of amidine groups is 1. The van der Waals surface area contributed by atoms with Crippen molar-refractivity contribution in [1.29, 1.82) is 0 Å². The summed E-state index contributed by atoms with van der Waals surface area (Å²) in [5, 5.41) is 3.86. The van der Waals surface area contributed by atoms with Crippen LogP contribution in [0.25, 0.3) is 0 Å². The molecule has 0 aliphatic carbocycles. The van der Waals surface area contributed by atoms with E-state index in [9.17, 15) is 13.2 Å². The Morgan fingerprint density at radius 3 is 2.30 bits per heavy atom. The number of aromatic nitrogens is 1. The van der Waals surface area contributed by atoms with E-state index in [-0.39, 0.29) is 5.91 Å². The zero-order valence-electron chi connectivity index (χ0n) is 18.7. The minimum atomic E-state index is -3.23. The van der Waals surface area contributed by atoms with Gasteiger partial charge in [-0.25, -0.2) is 18.4 Å². The van der Waals surface area contributed by atoms with Crippen LogP contribution in [0.5, 0.6) is 0 Å². The van der Waals surface area contributed by atoms with Crippen LogP contribution in [0.1, 0.15) is 28.6 Å². The second kappa shape index (κ2) is 11.0. The van der Waals surface area contributed by atoms with Crippen molar-refractivity contribution < 1.29 is 13.2 Å². The first-order valence-electron chi connectivity index (χ1n) is 10.2. The number of carbonyl (C=O) groups is 1. The molecule has 174 valence electrons. The minimum absolute atomic E-state index is 0.167. The van der Waals surface area contributed by atoms with Gasteiger partial charge < -0.3 is 11.1 Å². The van der Waals surface area contributed by atoms with E-state index in [2.05, 4.69) is 15.3 Å². The highest BCUT2D eigenvalue weighted by molar-refractivity contribution is 8.13. The first-order valence-corrected chi connectivity index (χ1v) is 14.1. The Bertz CT molecular complexity index is 1250. The second-order valence-electron chi connectivity index (χ2n) is 7.48. The van der Waals surface area contributed by atoms with Gasteiger partial charge in [-0.1, -0.05) is 36.0 Å². The Balaban J connectivity index is 1.76. The number of aliphatic imine (C=N–C) groups is 1. The molecule has 0 radical (unpaired) electrons. The average molecular weight is 503 g/mol. The number of thioether (sulfide) groups is 1. The molecule has 0 fully saturated rings. The summed E-state index contributed by atoms with van der Waals surface area (Å²) in [5.74, 6) is -0.167. The molecule has 0 saturated carbocycles. The summed E-state index contributed by atoms with van der Waals surface area (Å²) in [5.41, 5.74) is 9.63. The van der Waals surface area contributed by atoms with Gasteiger partial charge in [-0.05, 0) is 54.5 Å². The van der Waals surface area contributed by atoms with E-state index in [0.717, 1.165) is 33.8 Å². The van der Waals surface area contributed by atoms with E-state index in [0.29, 0.717) is 28.0 Å². The van der Waals surface area contributed by atoms with E-state index in [4.69, 9.17) is 5.73 Å². The maximum absolute atomic E-state index is 11.7. The summed E-state index contributed by atoms with van der Waals surface area (Å²) >= 11 is 2.85. The van der Waals surface area contributed by atoms with Crippen molar-refractivity contribution in [2.45, 2.75) is 31.1 Å². The smallest absolute Gasteiger partial charge is 0.223 e. The van der Waals surface area contributed by atoms with Crippen LogP contribution in [0.4, 0.5) is 10.8 Å². The summed E-state index contributed by atoms with van der Waals surface area (Å²) in [7, 11) is -3.23. The van der Waals surface area contributed by atoms with Crippen molar-refractivity contribution in [2.24, 2.45) is 10.7 Å². The predicted molar refractivity (Wildman–Crippen MR) is 137 cm³/mol. The number of aryl methyl sites for hydroxylation is 2. The van der Waals surface area contributed by atoms with Gasteiger partial charge in [-0.15, -0.1) is 11.3 Å². The predicted octanol–water partition coefficient (Wildman–Crippen LogP) is 4.19. The number of thiazole rings is 1. The Morgan fingerprint density at radius 2 is 1.73 bits per heavy atom. The number of amides is 1. The van der Waals surface area contributed by atoms with E-state index >= 15 is 0 Å². The molecule has 3 rings (SSSR count). The molecule has 7 nitrogen and oxygen atoms in total. The largest absolute Gasteiger partial charge is 0.378 e. The quantitative estimate of drug-likeness (QED) is 0.353. The number of hydrogen-bond acceptors (Lipinski definition) is 7. The van der Waals surface area contributed by atoms with E-state index < -0.39 is 9.84 Å². The monoisotopic (exact) mass is 502 g/mol. The Hall–Kier alpha value is -2.69. The van der Waals surface area contributed by atoms with Crippen LogP contribution in [0.15, 0.2) is 58.4 Å². The molecule has 0 atom stereocenters. The number of anilines is 1. The van der Waals surface area contributed by atoms with Gasteiger partial charge in [0.05, 0.1) is 16.3 Å². The second-order valence-corrected chi connectivity index (χ2v) is 11.4. The first-order chi connectivity index (χ1) is 15.6. The van der Waals surface area contributed by atoms with Gasteiger partial charge in [0, 0.05) is 24.5 Å². The number of sulfone groups is 1. The number of rotatable bonds is 8. The van der Waals surface area contributed by atoms with E-state index in [1.807, 2.05) is 42.7 Å². The number of nitrogens with zero attached hydrogens (tertiary/aromatic N) is 2. The summed E-state index contributed by atoms with van der Waals surface area (Å²) in [6.45, 7) is 1.46. The molecule has 2 aromatic carbocycles. The van der Waals surface area contributed by atoms with Crippen LogP contribution in [-0.4, -0.2) is 37.0 Å². The van der Waals surface area contributed by atoms with Crippen LogP contribution >= 0.6 is 23.1 Å². The SMILES string of the molecule is CSC(N)=Nc1ccc(CCc2nc(NC(C)=O)sc2Cc2ccc(S(C)(=O)=O)cc2)cc1. The van der Waals surface area contributed by atoms with Crippen molar-refractivity contribution in [3.05, 3.63) is 70.2 Å². The van der Waals surface area contributed by atoms with Gasteiger partial charge in [-0.2, -0.15) is 0 Å². The molecule has 0 bridgehead atoms. The lowest BCUT2D eigenvalue weighted by Crippen LogP contribution is -2.05. The molecule has 1 aromatic heterocycles. The van der Waals surface area contributed by atoms with Crippen LogP contribution in [0, 0.1) is 0 Å². The molecule has 0 aliphatic rings. The topological polar surface area (TPSA) is 115 Å². The van der Waals surface area contributed by atoms with Crippen molar-refractivity contribution in [1.82, 2.24) is 4.98 Å². The molecule has 0 spiro atoms. The minimum Gasteiger partial charge on any atom is -0.378 e. The molecular weight excluding hydrogens is 476 g/mol. The summed E-state index contributed by atoms with van der Waals surface area (Å²) in [6, 6.07) is 14.8. The molecular formula is C23H26N4O3S3. The summed E-state index contributed by atoms with van der Waals surface area (Å²) in [4.78, 5) is 21.8. The first kappa shape index (κ1) is 24.9. The van der Waals surface area contributed by atoms with Crippen LogP contribution in [0.3, 0.4) is 0 Å². The lowest BCUT2D eigenvalue weighted by atomic mass is 10.0. The van der Waals surface area contributed by atoms with Crippen LogP contribution in [0.2, 0.25) is 0 Å². The number of nitrogens with one attached hydrogen (secondary N) is 1. The van der Waals surface area contributed by atoms with Crippen LogP contribution < -0.4 is 11.1 Å². The molecule has 3 aromatic rings. The molecule has 1 amide bonds. The van der Waals surface area contributed by atoms with Crippen molar-refractivity contribution in [3.8, 4) is 0 Å². The average Bonchev–Trinajstić information content (AvgIpc) is 3.13. The number of nitrogens with two attached hydrogens (primary N) is 1. The molecule has 0 aliphatic heterocycles. The normalized spacial score (nSPS) is 12.0. The third kappa shape index (κ3) is 7.41. The highest BCUT2D eigenvalue weighted by Crippen LogP contribution is 2.28. The lowest BCUT2D eigenvalue weighted by Gasteiger charge is -2.05. The number of carbonyl (C=O) groups excluding carboxylic acids is 1. The zero-order chi connectivity index (χ0) is 24.0. The van der Waals surface area contributed by atoms with Gasteiger partial charge >= 0.3 is 0 Å². The fraction of sp³-hybridized carbons (Fsp3) is 0.261. The summed E-state index contributed by atoms with van der Waals surface area (Å²) < 4.78 is 23.4. The maximum atomic E-state index is 11.7. The molecule has 1 heterocycles. The van der Waals surface area contributed by atoms with E-state index in [1.165, 1.54) is 36.3 Å². The van der Waals surface area contributed by atoms with Crippen LogP contribution in [-0.2, 0) is 33.9 Å². The van der Waals surface area contributed by atoms with Crippen molar-refractivity contribution >= 4 is 54.8 Å².